The number of methoxy groups -OCH3 is 1. The smallest absolute Gasteiger partial charge is 0.119 e. The molecule has 1 aliphatic heterocycles. The Morgan fingerprint density at radius 3 is 2.10 bits per heavy atom. The Morgan fingerprint density at radius 1 is 0.690 bits per heavy atom. The van der Waals surface area contributed by atoms with Gasteiger partial charge < -0.3 is 24.6 Å². The first kappa shape index (κ1) is 27.5. The number of ether oxygens (including phenoxy) is 2. The maximum Gasteiger partial charge on any atom is 0.119 e. The molecule has 0 unspecified atom stereocenters. The average Bonchev–Trinajstić information content (AvgIpc) is 3.03. The number of hydrogen-bond donors (Lipinski definition) is 2. The summed E-state index contributed by atoms with van der Waals surface area (Å²) < 4.78 is 11.4. The van der Waals surface area contributed by atoms with E-state index in [9.17, 15) is 10.2 Å². The molecule has 0 aliphatic carbocycles. The highest BCUT2D eigenvalue weighted by Crippen LogP contribution is 2.34. The molecule has 1 aliphatic rings. The summed E-state index contributed by atoms with van der Waals surface area (Å²) in [7, 11) is 1.69. The molecule has 0 amide bonds. The summed E-state index contributed by atoms with van der Waals surface area (Å²) in [5.74, 6) is 2.26. The molecular formula is C36H36N2O4. The first-order valence-electron chi connectivity index (χ1n) is 14.4. The number of fused-ring (bicyclic) bond motifs is 1. The number of phenols is 2. The molecule has 1 heterocycles. The minimum atomic E-state index is 0.248. The fourth-order valence-electron chi connectivity index (χ4n) is 5.71. The molecule has 0 aromatic heterocycles. The van der Waals surface area contributed by atoms with Crippen LogP contribution in [0.3, 0.4) is 0 Å². The summed E-state index contributed by atoms with van der Waals surface area (Å²) >= 11 is 0. The lowest BCUT2D eigenvalue weighted by molar-refractivity contribution is 0.200. The van der Waals surface area contributed by atoms with E-state index in [1.165, 1.54) is 16.8 Å². The molecule has 1 fully saturated rings. The van der Waals surface area contributed by atoms with Gasteiger partial charge in [0.1, 0.15) is 29.6 Å². The van der Waals surface area contributed by atoms with Crippen LogP contribution in [0, 0.1) is 0 Å². The Labute approximate surface area is 247 Å². The van der Waals surface area contributed by atoms with E-state index < -0.39 is 0 Å². The van der Waals surface area contributed by atoms with Crippen LogP contribution in [0.2, 0.25) is 0 Å². The molecule has 1 saturated heterocycles. The van der Waals surface area contributed by atoms with Crippen LogP contribution < -0.4 is 14.4 Å². The zero-order valence-electron chi connectivity index (χ0n) is 23.9. The van der Waals surface area contributed by atoms with Crippen molar-refractivity contribution in [2.45, 2.75) is 6.42 Å². The van der Waals surface area contributed by atoms with Gasteiger partial charge >= 0.3 is 0 Å². The van der Waals surface area contributed by atoms with Gasteiger partial charge in [0, 0.05) is 38.4 Å². The third-order valence-electron chi connectivity index (χ3n) is 8.08. The Morgan fingerprint density at radius 2 is 1.38 bits per heavy atom. The van der Waals surface area contributed by atoms with Gasteiger partial charge in [-0.2, -0.15) is 0 Å². The normalized spacial score (nSPS) is 13.8. The molecule has 214 valence electrons. The van der Waals surface area contributed by atoms with Crippen molar-refractivity contribution in [1.29, 1.82) is 0 Å². The molecule has 0 saturated carbocycles. The summed E-state index contributed by atoms with van der Waals surface area (Å²) in [4.78, 5) is 4.87. The summed E-state index contributed by atoms with van der Waals surface area (Å²) in [6.07, 6.45) is 0.733. The van der Waals surface area contributed by atoms with Crippen LogP contribution in [0.5, 0.6) is 23.0 Å². The van der Waals surface area contributed by atoms with E-state index in [0.717, 1.165) is 72.5 Å². The van der Waals surface area contributed by atoms with Crippen LogP contribution in [0.25, 0.3) is 21.9 Å². The number of phenolic OH excluding ortho intramolecular Hbond substituents is 2. The van der Waals surface area contributed by atoms with Crippen molar-refractivity contribution in [2.75, 3.05) is 51.3 Å². The van der Waals surface area contributed by atoms with E-state index in [4.69, 9.17) is 9.47 Å². The SMILES string of the molecule is COc1ccc(N2CCN(CCOc3ccc(Cc4c(-c5ccc(O)cc5)ccc5cc(O)ccc45)cc3)CC2)cc1. The van der Waals surface area contributed by atoms with Crippen molar-refractivity contribution in [3.8, 4) is 34.1 Å². The van der Waals surface area contributed by atoms with Crippen molar-refractivity contribution >= 4 is 16.5 Å². The van der Waals surface area contributed by atoms with Crippen LogP contribution in [0.15, 0.2) is 103 Å². The van der Waals surface area contributed by atoms with Gasteiger partial charge in [0.25, 0.3) is 0 Å². The minimum absolute atomic E-state index is 0.248. The highest BCUT2D eigenvalue weighted by atomic mass is 16.5. The Kier molecular flexibility index (Phi) is 8.15. The van der Waals surface area contributed by atoms with Crippen molar-refractivity contribution in [3.05, 3.63) is 114 Å². The fourth-order valence-corrected chi connectivity index (χ4v) is 5.71. The number of anilines is 1. The third-order valence-corrected chi connectivity index (χ3v) is 8.08. The van der Waals surface area contributed by atoms with Gasteiger partial charge in [0.2, 0.25) is 0 Å². The van der Waals surface area contributed by atoms with Crippen LogP contribution in [0.1, 0.15) is 11.1 Å². The van der Waals surface area contributed by atoms with Crippen molar-refractivity contribution in [2.24, 2.45) is 0 Å². The molecule has 0 atom stereocenters. The van der Waals surface area contributed by atoms with Crippen molar-refractivity contribution in [3.63, 3.8) is 0 Å². The predicted octanol–water partition coefficient (Wildman–Crippen LogP) is 6.72. The Hall–Kier alpha value is -4.68. The zero-order chi connectivity index (χ0) is 28.9. The summed E-state index contributed by atoms with van der Waals surface area (Å²) in [6.45, 7) is 5.58. The molecule has 2 N–H and O–H groups in total. The Balaban J connectivity index is 1.07. The lowest BCUT2D eigenvalue weighted by Gasteiger charge is -2.36. The largest absolute Gasteiger partial charge is 0.508 e. The minimum Gasteiger partial charge on any atom is -0.508 e. The maximum absolute atomic E-state index is 10.0. The standard InChI is InChI=1S/C36H36N2O4/c1-41-32-14-7-29(8-15-32)38-20-18-37(19-21-38)22-23-42-33-12-2-26(3-13-33)24-36-34(27-4-9-30(39)10-5-27)16-6-28-25-31(40)11-17-35(28)36/h2-17,25,39-40H,18-24H2,1H3. The number of hydrogen-bond acceptors (Lipinski definition) is 6. The van der Waals surface area contributed by atoms with Gasteiger partial charge in [-0.05, 0) is 100 Å². The summed E-state index contributed by atoms with van der Waals surface area (Å²) in [6, 6.07) is 33.6. The highest BCUT2D eigenvalue weighted by Gasteiger charge is 2.17. The first-order chi connectivity index (χ1) is 20.6. The van der Waals surface area contributed by atoms with Gasteiger partial charge in [0.05, 0.1) is 7.11 Å². The van der Waals surface area contributed by atoms with E-state index >= 15 is 0 Å². The second-order valence-electron chi connectivity index (χ2n) is 10.7. The molecule has 6 nitrogen and oxygen atoms in total. The topological polar surface area (TPSA) is 65.4 Å². The highest BCUT2D eigenvalue weighted by molar-refractivity contribution is 5.93. The molecule has 6 rings (SSSR count). The number of benzene rings is 5. The van der Waals surface area contributed by atoms with Gasteiger partial charge in [-0.25, -0.2) is 0 Å². The van der Waals surface area contributed by atoms with Gasteiger partial charge in [0.15, 0.2) is 0 Å². The second-order valence-corrected chi connectivity index (χ2v) is 10.7. The number of rotatable bonds is 9. The second kappa shape index (κ2) is 12.5. The van der Waals surface area contributed by atoms with Gasteiger partial charge in [-0.3, -0.25) is 4.90 Å². The van der Waals surface area contributed by atoms with Crippen molar-refractivity contribution in [1.82, 2.24) is 4.90 Å². The van der Waals surface area contributed by atoms with E-state index in [1.807, 2.05) is 48.5 Å². The van der Waals surface area contributed by atoms with E-state index in [0.29, 0.717) is 6.61 Å². The third kappa shape index (κ3) is 6.29. The Bertz CT molecular complexity index is 1630. The maximum atomic E-state index is 10.0. The molecule has 6 heteroatoms. The predicted molar refractivity (Wildman–Crippen MR) is 169 cm³/mol. The van der Waals surface area contributed by atoms with E-state index in [1.54, 1.807) is 31.4 Å². The summed E-state index contributed by atoms with van der Waals surface area (Å²) in [5, 5.41) is 21.9. The fraction of sp³-hybridized carbons (Fsp3) is 0.222. The molecule has 5 aromatic carbocycles. The van der Waals surface area contributed by atoms with Gasteiger partial charge in [-0.1, -0.05) is 42.5 Å². The van der Waals surface area contributed by atoms with Gasteiger partial charge in [-0.15, -0.1) is 0 Å². The molecule has 0 bridgehead atoms. The number of nitrogens with zero attached hydrogens (tertiary/aromatic N) is 2. The molecule has 42 heavy (non-hydrogen) atoms. The van der Waals surface area contributed by atoms with Crippen LogP contribution in [-0.4, -0.2) is 61.6 Å². The van der Waals surface area contributed by atoms with Crippen LogP contribution in [0.4, 0.5) is 5.69 Å². The lowest BCUT2D eigenvalue weighted by atomic mass is 9.90. The molecule has 5 aromatic rings. The van der Waals surface area contributed by atoms with Crippen LogP contribution in [-0.2, 0) is 6.42 Å². The van der Waals surface area contributed by atoms with Crippen LogP contribution >= 0.6 is 0 Å². The van der Waals surface area contributed by atoms with E-state index in [-0.39, 0.29) is 11.5 Å². The monoisotopic (exact) mass is 560 g/mol. The first-order valence-corrected chi connectivity index (χ1v) is 14.4. The van der Waals surface area contributed by atoms with E-state index in [2.05, 4.69) is 40.1 Å². The molecule has 0 radical (unpaired) electrons. The van der Waals surface area contributed by atoms with Crippen molar-refractivity contribution < 1.29 is 19.7 Å². The number of aromatic hydroxyl groups is 2. The number of piperazine rings is 1. The molecular weight excluding hydrogens is 524 g/mol. The zero-order valence-corrected chi connectivity index (χ0v) is 23.9. The lowest BCUT2D eigenvalue weighted by Crippen LogP contribution is -2.47. The summed E-state index contributed by atoms with van der Waals surface area (Å²) in [5.41, 5.74) is 5.75. The quantitative estimate of drug-likeness (QED) is 0.209. The average molecular weight is 561 g/mol. The molecule has 0 spiro atoms.